The van der Waals surface area contributed by atoms with Crippen LogP contribution in [0.25, 0.3) is 0 Å². The van der Waals surface area contributed by atoms with Gasteiger partial charge in [0.25, 0.3) is 0 Å². The van der Waals surface area contributed by atoms with Gasteiger partial charge in [0.2, 0.25) is 0 Å². The Morgan fingerprint density at radius 3 is 2.24 bits per heavy atom. The summed E-state index contributed by atoms with van der Waals surface area (Å²) in [5.74, 6) is 0. The van der Waals surface area contributed by atoms with E-state index < -0.39 is 0 Å². The average Bonchev–Trinajstić information content (AvgIpc) is 3.18. The third kappa shape index (κ3) is 2.48. The van der Waals surface area contributed by atoms with Crippen LogP contribution in [-0.2, 0) is 0 Å². The standard InChI is InChI=1S/C15H16N2/c1-3-7-12(8-4-1)15-14(17-15)11-16-13-9-5-2-6-10-13/h1-10,14-17H,11H2/t14-,15-/m0/s1. The lowest BCUT2D eigenvalue weighted by molar-refractivity contribution is 0.955. The molecule has 2 atom stereocenters. The molecule has 2 nitrogen and oxygen atoms in total. The van der Waals surface area contributed by atoms with Crippen LogP contribution in [0.2, 0.25) is 0 Å². The molecule has 0 aliphatic carbocycles. The summed E-state index contributed by atoms with van der Waals surface area (Å²) >= 11 is 0. The second kappa shape index (κ2) is 4.60. The van der Waals surface area contributed by atoms with E-state index in [-0.39, 0.29) is 0 Å². The molecule has 1 saturated heterocycles. The van der Waals surface area contributed by atoms with Crippen molar-refractivity contribution in [1.82, 2.24) is 5.32 Å². The van der Waals surface area contributed by atoms with Gasteiger partial charge in [-0.05, 0) is 17.7 Å². The monoisotopic (exact) mass is 224 g/mol. The fourth-order valence-corrected chi connectivity index (χ4v) is 2.12. The average molecular weight is 224 g/mol. The smallest absolute Gasteiger partial charge is 0.0496 e. The van der Waals surface area contributed by atoms with Crippen molar-refractivity contribution < 1.29 is 0 Å². The van der Waals surface area contributed by atoms with Crippen LogP contribution in [0.3, 0.4) is 0 Å². The van der Waals surface area contributed by atoms with Crippen LogP contribution in [0, 0.1) is 0 Å². The fraction of sp³-hybridized carbons (Fsp3) is 0.200. The second-order valence-corrected chi connectivity index (χ2v) is 4.41. The zero-order valence-electron chi connectivity index (χ0n) is 9.64. The molecule has 0 unspecified atom stereocenters. The molecule has 1 aliphatic heterocycles. The minimum Gasteiger partial charge on any atom is -0.383 e. The number of benzene rings is 2. The number of hydrogen-bond acceptors (Lipinski definition) is 2. The Bertz CT molecular complexity index is 467. The molecule has 0 saturated carbocycles. The third-order valence-corrected chi connectivity index (χ3v) is 3.15. The normalized spacial score (nSPS) is 22.1. The molecule has 0 bridgehead atoms. The molecule has 2 aromatic carbocycles. The minimum absolute atomic E-state index is 0.521. The van der Waals surface area contributed by atoms with Gasteiger partial charge in [-0.2, -0.15) is 0 Å². The van der Waals surface area contributed by atoms with Gasteiger partial charge in [-0.1, -0.05) is 48.5 Å². The van der Waals surface area contributed by atoms with E-state index in [2.05, 4.69) is 65.2 Å². The van der Waals surface area contributed by atoms with E-state index in [1.54, 1.807) is 0 Å². The van der Waals surface area contributed by atoms with Crippen LogP contribution in [0.15, 0.2) is 60.7 Å². The summed E-state index contributed by atoms with van der Waals surface area (Å²) in [6.45, 7) is 0.976. The molecule has 2 aromatic rings. The lowest BCUT2D eigenvalue weighted by Gasteiger charge is -2.04. The summed E-state index contributed by atoms with van der Waals surface area (Å²) in [4.78, 5) is 0. The van der Waals surface area contributed by atoms with Crippen molar-refractivity contribution in [2.24, 2.45) is 0 Å². The summed E-state index contributed by atoms with van der Waals surface area (Å²) in [5.41, 5.74) is 2.57. The molecule has 0 radical (unpaired) electrons. The van der Waals surface area contributed by atoms with Crippen LogP contribution >= 0.6 is 0 Å². The molecule has 0 amide bonds. The van der Waals surface area contributed by atoms with Crippen molar-refractivity contribution in [3.8, 4) is 0 Å². The Labute approximate surface area is 102 Å². The number of rotatable bonds is 4. The molecule has 1 aliphatic rings. The van der Waals surface area contributed by atoms with E-state index in [4.69, 9.17) is 0 Å². The SMILES string of the molecule is c1ccc(NC[C@@H]2N[C@H]2c2ccccc2)cc1. The van der Waals surface area contributed by atoms with Crippen molar-refractivity contribution in [3.05, 3.63) is 66.2 Å². The van der Waals surface area contributed by atoms with E-state index in [9.17, 15) is 0 Å². The highest BCUT2D eigenvalue weighted by molar-refractivity contribution is 5.43. The van der Waals surface area contributed by atoms with Gasteiger partial charge in [0.15, 0.2) is 0 Å². The molecule has 0 aromatic heterocycles. The minimum atomic E-state index is 0.521. The maximum absolute atomic E-state index is 3.49. The largest absolute Gasteiger partial charge is 0.383 e. The summed E-state index contributed by atoms with van der Waals surface area (Å²) in [6.07, 6.45) is 0. The number of hydrogen-bond donors (Lipinski definition) is 2. The Hall–Kier alpha value is -1.80. The van der Waals surface area contributed by atoms with Gasteiger partial charge in [-0.3, -0.25) is 0 Å². The summed E-state index contributed by atoms with van der Waals surface area (Å²) < 4.78 is 0. The summed E-state index contributed by atoms with van der Waals surface area (Å²) in [7, 11) is 0. The lowest BCUT2D eigenvalue weighted by Crippen LogP contribution is -2.10. The van der Waals surface area contributed by atoms with Crippen molar-refractivity contribution in [2.45, 2.75) is 12.1 Å². The number of nitrogens with one attached hydrogen (secondary N) is 2. The van der Waals surface area contributed by atoms with Gasteiger partial charge < -0.3 is 10.6 Å². The predicted molar refractivity (Wildman–Crippen MR) is 71.0 cm³/mol. The molecule has 3 rings (SSSR count). The van der Waals surface area contributed by atoms with Crippen molar-refractivity contribution in [2.75, 3.05) is 11.9 Å². The maximum Gasteiger partial charge on any atom is 0.0496 e. The van der Waals surface area contributed by atoms with Crippen LogP contribution in [0.5, 0.6) is 0 Å². The van der Waals surface area contributed by atoms with Gasteiger partial charge in [0.05, 0.1) is 0 Å². The Morgan fingerprint density at radius 2 is 1.53 bits per heavy atom. The molecular formula is C15H16N2. The Balaban J connectivity index is 1.53. The first kappa shape index (κ1) is 10.4. The molecule has 0 spiro atoms. The van der Waals surface area contributed by atoms with Crippen LogP contribution in [0.4, 0.5) is 5.69 Å². The maximum atomic E-state index is 3.49. The van der Waals surface area contributed by atoms with E-state index in [0.29, 0.717) is 12.1 Å². The van der Waals surface area contributed by atoms with Gasteiger partial charge >= 0.3 is 0 Å². The first-order chi connectivity index (χ1) is 8.43. The first-order valence-electron chi connectivity index (χ1n) is 6.03. The van der Waals surface area contributed by atoms with E-state index >= 15 is 0 Å². The van der Waals surface area contributed by atoms with Gasteiger partial charge in [0, 0.05) is 24.3 Å². The summed E-state index contributed by atoms with van der Waals surface area (Å²) in [5, 5.41) is 6.94. The van der Waals surface area contributed by atoms with Crippen molar-refractivity contribution in [3.63, 3.8) is 0 Å². The first-order valence-corrected chi connectivity index (χ1v) is 6.03. The van der Waals surface area contributed by atoms with Gasteiger partial charge in [-0.25, -0.2) is 0 Å². The molecule has 17 heavy (non-hydrogen) atoms. The third-order valence-electron chi connectivity index (χ3n) is 3.15. The Kier molecular flexibility index (Phi) is 2.80. The topological polar surface area (TPSA) is 34.0 Å². The highest BCUT2D eigenvalue weighted by atomic mass is 15.2. The Morgan fingerprint density at radius 1 is 0.882 bits per heavy atom. The zero-order valence-corrected chi connectivity index (χ0v) is 9.64. The molecule has 1 heterocycles. The molecule has 1 fully saturated rings. The second-order valence-electron chi connectivity index (χ2n) is 4.41. The van der Waals surface area contributed by atoms with Crippen LogP contribution < -0.4 is 10.6 Å². The molecule has 86 valence electrons. The predicted octanol–water partition coefficient (Wildman–Crippen LogP) is 2.81. The zero-order chi connectivity index (χ0) is 11.5. The lowest BCUT2D eigenvalue weighted by atomic mass is 10.1. The van der Waals surface area contributed by atoms with Gasteiger partial charge in [-0.15, -0.1) is 0 Å². The number of para-hydroxylation sites is 1. The van der Waals surface area contributed by atoms with Crippen LogP contribution in [0.1, 0.15) is 11.6 Å². The molecule has 2 N–H and O–H groups in total. The molecule has 2 heteroatoms. The van der Waals surface area contributed by atoms with Crippen molar-refractivity contribution in [1.29, 1.82) is 0 Å². The van der Waals surface area contributed by atoms with Crippen LogP contribution in [-0.4, -0.2) is 12.6 Å². The van der Waals surface area contributed by atoms with E-state index in [0.717, 1.165) is 6.54 Å². The highest BCUT2D eigenvalue weighted by Gasteiger charge is 2.36. The van der Waals surface area contributed by atoms with E-state index in [1.165, 1.54) is 11.3 Å². The van der Waals surface area contributed by atoms with Gasteiger partial charge in [0.1, 0.15) is 0 Å². The quantitative estimate of drug-likeness (QED) is 0.783. The molecular weight excluding hydrogens is 208 g/mol. The summed E-state index contributed by atoms with van der Waals surface area (Å²) in [6, 6.07) is 22.0. The highest BCUT2D eigenvalue weighted by Crippen LogP contribution is 2.29. The van der Waals surface area contributed by atoms with E-state index in [1.807, 2.05) is 6.07 Å². The van der Waals surface area contributed by atoms with Crippen molar-refractivity contribution >= 4 is 5.69 Å². The number of anilines is 1. The fourth-order valence-electron chi connectivity index (χ4n) is 2.12.